The molecular weight excluding hydrogens is 336 g/mol. The average Bonchev–Trinajstić information content (AvgIpc) is 3.21. The molecule has 1 saturated heterocycles. The highest BCUT2D eigenvalue weighted by Crippen LogP contribution is 2.22. The lowest BCUT2D eigenvalue weighted by atomic mass is 10.0. The molecule has 27 heavy (non-hydrogen) atoms. The van der Waals surface area contributed by atoms with Crippen molar-refractivity contribution in [1.82, 2.24) is 4.90 Å². The fraction of sp³-hybridized carbons (Fsp3) is 0.435. The predicted octanol–water partition coefficient (Wildman–Crippen LogP) is 4.23. The van der Waals surface area contributed by atoms with Gasteiger partial charge >= 0.3 is 0 Å². The molecule has 4 nitrogen and oxygen atoms in total. The van der Waals surface area contributed by atoms with Crippen molar-refractivity contribution >= 4 is 0 Å². The number of hydrogen-bond donors (Lipinski definition) is 0. The van der Waals surface area contributed by atoms with Crippen molar-refractivity contribution in [2.75, 3.05) is 32.8 Å². The van der Waals surface area contributed by atoms with Gasteiger partial charge in [-0.25, -0.2) is 0 Å². The van der Waals surface area contributed by atoms with Gasteiger partial charge < -0.3 is 9.47 Å². The summed E-state index contributed by atoms with van der Waals surface area (Å²) in [7, 11) is 0. The van der Waals surface area contributed by atoms with E-state index in [1.807, 2.05) is 30.3 Å². The second kappa shape index (κ2) is 10.6. The Morgan fingerprint density at radius 3 is 2.63 bits per heavy atom. The molecule has 0 aromatic heterocycles. The molecule has 0 aliphatic carbocycles. The second-order valence-electron chi connectivity index (χ2n) is 6.84. The number of nitrogens with zero attached hydrogens (tertiary/aromatic N) is 2. The maximum absolute atomic E-state index is 8.55. The molecule has 4 heteroatoms. The highest BCUT2D eigenvalue weighted by molar-refractivity contribution is 5.38. The molecule has 141 valence electrons. The van der Waals surface area contributed by atoms with Crippen molar-refractivity contribution in [1.29, 1.82) is 5.26 Å². The lowest BCUT2D eigenvalue weighted by Gasteiger charge is -2.16. The lowest BCUT2D eigenvalue weighted by molar-refractivity contribution is 0.236. The molecule has 0 saturated carbocycles. The zero-order chi connectivity index (χ0) is 18.7. The summed E-state index contributed by atoms with van der Waals surface area (Å²) >= 11 is 0. The van der Waals surface area contributed by atoms with Crippen LogP contribution in [0.3, 0.4) is 0 Å². The topological polar surface area (TPSA) is 45.5 Å². The number of benzene rings is 2. The van der Waals surface area contributed by atoms with Crippen LogP contribution < -0.4 is 9.47 Å². The summed E-state index contributed by atoms with van der Waals surface area (Å²) in [6.45, 7) is 4.69. The number of nitriles is 1. The first kappa shape index (κ1) is 19.3. The first-order valence-corrected chi connectivity index (χ1v) is 9.78. The van der Waals surface area contributed by atoms with E-state index in [1.165, 1.54) is 31.5 Å². The van der Waals surface area contributed by atoms with Gasteiger partial charge in [0.05, 0.1) is 12.7 Å². The molecule has 1 radical (unpaired) electrons. The molecule has 1 aliphatic rings. The minimum Gasteiger partial charge on any atom is -0.494 e. The van der Waals surface area contributed by atoms with Gasteiger partial charge in [0.1, 0.15) is 18.1 Å². The van der Waals surface area contributed by atoms with Crippen LogP contribution in [0, 0.1) is 17.4 Å². The van der Waals surface area contributed by atoms with Crippen molar-refractivity contribution in [2.24, 2.45) is 0 Å². The minimum atomic E-state index is 0.530. The zero-order valence-electron chi connectivity index (χ0n) is 15.8. The Kier molecular flexibility index (Phi) is 7.56. The first-order chi connectivity index (χ1) is 13.3. The van der Waals surface area contributed by atoms with Gasteiger partial charge in [-0.1, -0.05) is 24.3 Å². The molecule has 0 spiro atoms. The number of ether oxygens (including phenoxy) is 2. The Balaban J connectivity index is 1.51. The Hall–Kier alpha value is -2.51. The maximum Gasteiger partial charge on any atom is 0.123 e. The molecule has 0 bridgehead atoms. The summed E-state index contributed by atoms with van der Waals surface area (Å²) in [6, 6.07) is 19.5. The fourth-order valence-electron chi connectivity index (χ4n) is 3.27. The maximum atomic E-state index is 8.55. The highest BCUT2D eigenvalue weighted by Gasteiger charge is 2.11. The normalized spacial score (nSPS) is 14.0. The van der Waals surface area contributed by atoms with E-state index in [9.17, 15) is 0 Å². The van der Waals surface area contributed by atoms with Crippen LogP contribution in [0.4, 0.5) is 0 Å². The zero-order valence-corrected chi connectivity index (χ0v) is 15.8. The number of rotatable bonds is 10. The van der Waals surface area contributed by atoms with Crippen LogP contribution in [0.5, 0.6) is 11.5 Å². The van der Waals surface area contributed by atoms with Crippen LogP contribution in [-0.4, -0.2) is 37.7 Å². The van der Waals surface area contributed by atoms with Gasteiger partial charge in [-0.3, -0.25) is 4.90 Å². The molecule has 0 amide bonds. The van der Waals surface area contributed by atoms with Crippen molar-refractivity contribution in [2.45, 2.75) is 32.1 Å². The summed E-state index contributed by atoms with van der Waals surface area (Å²) in [5.74, 6) is 1.77. The molecule has 1 aliphatic heterocycles. The van der Waals surface area contributed by atoms with Crippen LogP contribution >= 0.6 is 0 Å². The molecule has 3 rings (SSSR count). The number of hydrogen-bond acceptors (Lipinski definition) is 4. The molecule has 1 fully saturated rings. The molecule has 1 heterocycles. The van der Waals surface area contributed by atoms with E-state index >= 15 is 0 Å². The van der Waals surface area contributed by atoms with Crippen molar-refractivity contribution in [3.63, 3.8) is 0 Å². The Bertz CT molecular complexity index is 731. The summed E-state index contributed by atoms with van der Waals surface area (Å²) in [6.07, 6.45) is 4.69. The van der Waals surface area contributed by atoms with Crippen LogP contribution in [0.25, 0.3) is 0 Å². The Morgan fingerprint density at radius 1 is 1.04 bits per heavy atom. The monoisotopic (exact) mass is 363 g/mol. The third-order valence-corrected chi connectivity index (χ3v) is 4.77. The third-order valence-electron chi connectivity index (χ3n) is 4.77. The molecule has 2 aromatic rings. The molecule has 2 aromatic carbocycles. The largest absolute Gasteiger partial charge is 0.494 e. The van der Waals surface area contributed by atoms with Crippen molar-refractivity contribution in [3.05, 3.63) is 59.7 Å². The van der Waals surface area contributed by atoms with Gasteiger partial charge in [0.25, 0.3) is 0 Å². The van der Waals surface area contributed by atoms with Crippen LogP contribution in [0.15, 0.2) is 42.5 Å². The van der Waals surface area contributed by atoms with E-state index in [-0.39, 0.29) is 0 Å². The number of likely N-dealkylation sites (tertiary alicyclic amines) is 1. The lowest BCUT2D eigenvalue weighted by Crippen LogP contribution is -2.25. The highest BCUT2D eigenvalue weighted by atomic mass is 16.5. The second-order valence-corrected chi connectivity index (χ2v) is 6.84. The van der Waals surface area contributed by atoms with Gasteiger partial charge in [-0.15, -0.1) is 0 Å². The Labute approximate surface area is 162 Å². The van der Waals surface area contributed by atoms with Crippen LogP contribution in [0.2, 0.25) is 0 Å². The van der Waals surface area contributed by atoms with Crippen molar-refractivity contribution < 1.29 is 9.47 Å². The summed E-state index contributed by atoms with van der Waals surface area (Å²) < 4.78 is 11.7. The predicted molar refractivity (Wildman–Crippen MR) is 106 cm³/mol. The van der Waals surface area contributed by atoms with Crippen LogP contribution in [-0.2, 0) is 6.42 Å². The molecule has 0 N–H and O–H groups in total. The fourth-order valence-corrected chi connectivity index (χ4v) is 3.27. The van der Waals surface area contributed by atoms with E-state index in [0.717, 1.165) is 43.1 Å². The molecule has 0 atom stereocenters. The van der Waals surface area contributed by atoms with Crippen LogP contribution in [0.1, 0.15) is 36.8 Å². The van der Waals surface area contributed by atoms with Gasteiger partial charge in [0.15, 0.2) is 0 Å². The molecular formula is C23H27N2O2. The first-order valence-electron chi connectivity index (χ1n) is 9.78. The van der Waals surface area contributed by atoms with E-state index in [0.29, 0.717) is 13.0 Å². The van der Waals surface area contributed by atoms with E-state index in [4.69, 9.17) is 14.7 Å². The third kappa shape index (κ3) is 6.30. The van der Waals surface area contributed by atoms with Gasteiger partial charge in [0.2, 0.25) is 0 Å². The van der Waals surface area contributed by atoms with E-state index in [2.05, 4.69) is 29.2 Å². The summed E-state index contributed by atoms with van der Waals surface area (Å²) in [5, 5.41) is 8.55. The summed E-state index contributed by atoms with van der Waals surface area (Å²) in [5.41, 5.74) is 2.29. The van der Waals surface area contributed by atoms with E-state index < -0.39 is 0 Å². The number of unbranched alkanes of at least 4 members (excludes halogenated alkanes) is 1. The quantitative estimate of drug-likeness (QED) is 0.593. The van der Waals surface area contributed by atoms with Gasteiger partial charge in [-0.2, -0.15) is 5.26 Å². The van der Waals surface area contributed by atoms with E-state index in [1.54, 1.807) is 0 Å². The average molecular weight is 363 g/mol. The van der Waals surface area contributed by atoms with Gasteiger partial charge in [-0.05, 0) is 62.2 Å². The summed E-state index contributed by atoms with van der Waals surface area (Å²) in [4.78, 5) is 2.46. The standard InChI is InChI=1S/C23H27N2O2/c24-13-3-6-17-26-22-11-9-20(10-12-22)19-21-7-1-2-8-23(21)27-18-16-25-14-4-5-15-25/h1-2,8-12H,3-6,14-19H2. The van der Waals surface area contributed by atoms with Gasteiger partial charge in [0, 0.05) is 24.9 Å². The Morgan fingerprint density at radius 2 is 1.85 bits per heavy atom. The van der Waals surface area contributed by atoms with Crippen molar-refractivity contribution in [3.8, 4) is 17.6 Å². The minimum absolute atomic E-state index is 0.530. The SMILES string of the molecule is N#CCCCOc1ccc(Cc2[c]cccc2OCCN2CCCC2)cc1. The molecule has 0 unspecified atom stereocenters. The smallest absolute Gasteiger partial charge is 0.123 e.